The summed E-state index contributed by atoms with van der Waals surface area (Å²) >= 11 is 6.04. The number of carbonyl (C=O) groups is 1. The van der Waals surface area contributed by atoms with Crippen LogP contribution in [0.3, 0.4) is 0 Å². The third-order valence-corrected chi connectivity index (χ3v) is 17.9. The molecule has 0 aromatic carbocycles. The normalized spacial score (nSPS) is 12.8. The Morgan fingerprint density at radius 1 is 0.576 bits per heavy atom. The highest BCUT2D eigenvalue weighted by Gasteiger charge is 2.27. The van der Waals surface area contributed by atoms with Gasteiger partial charge in [-0.2, -0.15) is 18.9 Å². The van der Waals surface area contributed by atoms with E-state index in [2.05, 4.69) is 258 Å². The number of terminal acetylenes is 6. The number of hydrogen-bond acceptors (Lipinski definition) is 14. The number of hydrogen-bond donors (Lipinski definition) is 0. The fourth-order valence-corrected chi connectivity index (χ4v) is 10.9. The molecular weight excluding hydrogens is 1300 g/mol. The molecule has 1 aliphatic rings. The molecule has 1 aliphatic carbocycles. The van der Waals surface area contributed by atoms with E-state index in [0.717, 1.165) is 57.2 Å². The fraction of sp³-hybridized carbons (Fsp3) is 0.476. The molecule has 13 nitrogen and oxygen atoms in total. The lowest BCUT2D eigenvalue weighted by molar-refractivity contribution is -0.116. The summed E-state index contributed by atoms with van der Waals surface area (Å²) in [5.41, 5.74) is 7.02. The Bertz CT molecular complexity index is 3730. The maximum absolute atomic E-state index is 11.0. The van der Waals surface area contributed by atoms with E-state index in [0.29, 0.717) is 17.3 Å². The summed E-state index contributed by atoms with van der Waals surface area (Å²) in [4.78, 5) is 26.0. The van der Waals surface area contributed by atoms with Gasteiger partial charge in [0.1, 0.15) is 28.7 Å². The molecule has 0 bridgehead atoms. The summed E-state index contributed by atoms with van der Waals surface area (Å²) in [6.07, 6.45) is 49.7. The summed E-state index contributed by atoms with van der Waals surface area (Å²) in [7, 11) is 0. The second-order valence-corrected chi connectivity index (χ2v) is 35.5. The molecule has 0 fully saturated rings. The molecular formula is C82H111N11O2S4. The Hall–Kier alpha value is -8.39. The van der Waals surface area contributed by atoms with Crippen LogP contribution >= 0.6 is 45.7 Å². The van der Waals surface area contributed by atoms with E-state index >= 15 is 0 Å². The van der Waals surface area contributed by atoms with Gasteiger partial charge in [0.25, 0.3) is 0 Å². The molecule has 0 aliphatic heterocycles. The van der Waals surface area contributed by atoms with Gasteiger partial charge in [-0.1, -0.05) is 149 Å². The number of rotatable bonds is 2. The van der Waals surface area contributed by atoms with Crippen LogP contribution in [0.1, 0.15) is 271 Å². The van der Waals surface area contributed by atoms with E-state index < -0.39 is 0 Å². The Morgan fingerprint density at radius 2 is 1.14 bits per heavy atom. The molecule has 99 heavy (non-hydrogen) atoms. The van der Waals surface area contributed by atoms with Gasteiger partial charge in [-0.05, 0) is 191 Å². The van der Waals surface area contributed by atoms with E-state index in [-0.39, 0.29) is 54.9 Å². The Labute approximate surface area is 613 Å². The SMILES string of the molecule is C#Cc1cc(C(C)(C)C)on1.C#Cc1cc(C(C)(C)C)sn1.C#Cc1ccn(C(C)(C)C)n1.C#Cc1nc(C(C)(C)C)cs1.C#Cc1ncc(C(C)(C)C)s1.C#Cc1nscc1C(C)(C)C.C=Cc1ccn(C(C)(C)C)n1.C=Cc1nccn1C(C)(C)C.CC(C)(C)C1CC=CC(=O)C1. The van der Waals surface area contributed by atoms with Gasteiger partial charge in [-0.25, -0.2) is 15.0 Å². The molecule has 0 N–H and O–H groups in total. The topological polar surface area (TPSA) is 148 Å². The van der Waals surface area contributed by atoms with Crippen molar-refractivity contribution >= 4 is 63.7 Å². The van der Waals surface area contributed by atoms with Crippen LogP contribution in [0.5, 0.6) is 0 Å². The molecule has 530 valence electrons. The number of imidazole rings is 1. The predicted octanol–water partition coefficient (Wildman–Crippen LogP) is 20.4. The van der Waals surface area contributed by atoms with Crippen LogP contribution in [0.2, 0.25) is 0 Å². The second-order valence-electron chi connectivity index (χ2n) is 32.2. The van der Waals surface area contributed by atoms with Crippen LogP contribution in [0, 0.1) is 85.4 Å². The van der Waals surface area contributed by atoms with Crippen LogP contribution in [-0.4, -0.2) is 58.8 Å². The fourth-order valence-electron chi connectivity index (χ4n) is 7.68. The van der Waals surface area contributed by atoms with Gasteiger partial charge in [0.05, 0.1) is 22.5 Å². The van der Waals surface area contributed by atoms with E-state index in [1.165, 1.54) is 49.7 Å². The molecule has 0 spiro atoms. The molecule has 17 heteroatoms. The van der Waals surface area contributed by atoms with E-state index in [4.69, 9.17) is 43.1 Å². The number of nitrogens with zero attached hydrogens (tertiary/aromatic N) is 11. The zero-order valence-electron chi connectivity index (χ0n) is 64.4. The lowest BCUT2D eigenvalue weighted by Gasteiger charge is -2.30. The van der Waals surface area contributed by atoms with Crippen LogP contribution in [0.4, 0.5) is 0 Å². The monoisotopic (exact) mass is 1410 g/mol. The molecule has 9 rings (SSSR count). The number of aromatic nitrogens is 11. The van der Waals surface area contributed by atoms with Crippen molar-refractivity contribution in [2.75, 3.05) is 0 Å². The maximum Gasteiger partial charge on any atom is 0.166 e. The van der Waals surface area contributed by atoms with Gasteiger partial charge in [-0.3, -0.25) is 14.2 Å². The molecule has 0 radical (unpaired) electrons. The van der Waals surface area contributed by atoms with Crippen molar-refractivity contribution < 1.29 is 9.32 Å². The first-order chi connectivity index (χ1) is 45.3. The maximum atomic E-state index is 11.0. The summed E-state index contributed by atoms with van der Waals surface area (Å²) in [5, 5.41) is 17.8. The second kappa shape index (κ2) is 38.3. The van der Waals surface area contributed by atoms with E-state index in [1.807, 2.05) is 90.0 Å². The number of allylic oxidation sites excluding steroid dienone is 2. The minimum Gasteiger partial charge on any atom is -0.360 e. The van der Waals surface area contributed by atoms with Crippen molar-refractivity contribution in [1.29, 1.82) is 0 Å². The first kappa shape index (κ1) is 88.6. The van der Waals surface area contributed by atoms with Gasteiger partial charge in [0, 0.05) is 85.9 Å². The van der Waals surface area contributed by atoms with Crippen LogP contribution in [0.25, 0.3) is 12.2 Å². The van der Waals surface area contributed by atoms with Gasteiger partial charge in [0.2, 0.25) is 0 Å². The van der Waals surface area contributed by atoms with Crippen LogP contribution in [-0.2, 0) is 48.5 Å². The molecule has 0 saturated heterocycles. The van der Waals surface area contributed by atoms with Crippen molar-refractivity contribution in [2.45, 2.75) is 243 Å². The Balaban J connectivity index is 0.000000557. The largest absolute Gasteiger partial charge is 0.360 e. The smallest absolute Gasteiger partial charge is 0.166 e. The first-order valence-electron chi connectivity index (χ1n) is 32.6. The quantitative estimate of drug-likeness (QED) is 0.153. The van der Waals surface area contributed by atoms with Crippen LogP contribution < -0.4 is 0 Å². The Morgan fingerprint density at radius 3 is 1.44 bits per heavy atom. The van der Waals surface area contributed by atoms with Crippen molar-refractivity contribution in [3.05, 3.63) is 162 Å². The summed E-state index contributed by atoms with van der Waals surface area (Å²) < 4.78 is 19.1. The predicted molar refractivity (Wildman–Crippen MR) is 424 cm³/mol. The summed E-state index contributed by atoms with van der Waals surface area (Å²) in [6.45, 7) is 64.8. The van der Waals surface area contributed by atoms with Crippen molar-refractivity contribution in [1.82, 2.24) is 53.0 Å². The Kier molecular flexibility index (Phi) is 34.2. The standard InChI is InChI=1S/C10H16O.2C9H14N2.C9H12N2.C9H11NO.4C9H11NS/c1-10(2,3)8-5-4-6-9(11)7-8;1-5-8-10-6-7-11(8)9(2,3)4;2*1-5-8-6-7-11(10-8)9(2,3)4;1-5-7-6-8(11-10-7)9(2,3)4;1-5-8-10-7(6-11-8)9(2,3)4;1-5-8-10-6-7(11-8)9(2,3)4;1-5-8-7(6-11-10-8)9(2,3)4;1-5-7-6-8(11-10-7)9(2,3)4/h4,6,8H,5,7H2,1-3H3;2*5-7H,1H2,2-4H3;1,6-7H,2-4H3;5*1,6H,2-4H3. The highest BCUT2D eigenvalue weighted by atomic mass is 32.1. The van der Waals surface area contributed by atoms with Crippen molar-refractivity contribution in [2.24, 2.45) is 11.3 Å². The third kappa shape index (κ3) is 32.4. The van der Waals surface area contributed by atoms with E-state index in [9.17, 15) is 4.79 Å². The molecule has 0 saturated carbocycles. The van der Waals surface area contributed by atoms with Gasteiger partial charge < -0.3 is 9.09 Å². The highest BCUT2D eigenvalue weighted by molar-refractivity contribution is 7.12. The van der Waals surface area contributed by atoms with Gasteiger partial charge >= 0.3 is 0 Å². The number of carbonyl (C=O) groups excluding carboxylic acids is 1. The minimum absolute atomic E-state index is 0.0118. The average molecular weight is 1410 g/mol. The first-order valence-corrected chi connectivity index (χ1v) is 35.9. The van der Waals surface area contributed by atoms with Crippen molar-refractivity contribution in [3.63, 3.8) is 0 Å². The summed E-state index contributed by atoms with van der Waals surface area (Å²) in [5.74, 6) is 17.6. The lowest BCUT2D eigenvalue weighted by Crippen LogP contribution is -2.24. The zero-order valence-corrected chi connectivity index (χ0v) is 67.7. The molecule has 8 aromatic rings. The third-order valence-electron chi connectivity index (χ3n) is 14.0. The molecule has 8 heterocycles. The molecule has 1 atom stereocenters. The lowest BCUT2D eigenvalue weighted by atomic mass is 9.74. The molecule has 8 aromatic heterocycles. The molecule has 0 amide bonds. The minimum atomic E-state index is -0.0118. The van der Waals surface area contributed by atoms with Crippen molar-refractivity contribution in [3.8, 4) is 74.1 Å². The number of thiazole rings is 2. The van der Waals surface area contributed by atoms with Gasteiger partial charge in [-0.15, -0.1) is 61.2 Å². The number of ketones is 1. The van der Waals surface area contributed by atoms with Gasteiger partial charge in [0.15, 0.2) is 21.5 Å². The zero-order chi connectivity index (χ0) is 76.3. The van der Waals surface area contributed by atoms with Crippen LogP contribution in [0.15, 0.2) is 95.8 Å². The highest BCUT2D eigenvalue weighted by Crippen LogP contribution is 2.34. The molecule has 1 unspecified atom stereocenters. The van der Waals surface area contributed by atoms with E-state index in [1.54, 1.807) is 41.8 Å². The average Bonchev–Trinajstić information content (AvgIpc) is 1.76. The summed E-state index contributed by atoms with van der Waals surface area (Å²) in [6, 6.07) is 7.56.